The van der Waals surface area contributed by atoms with Crippen molar-refractivity contribution in [3.8, 4) is 0 Å². The van der Waals surface area contributed by atoms with Crippen molar-refractivity contribution in [3.63, 3.8) is 0 Å². The molecule has 0 bridgehead atoms. The summed E-state index contributed by atoms with van der Waals surface area (Å²) in [5, 5.41) is 0. The first-order valence-electron chi connectivity index (χ1n) is 4.03. The van der Waals surface area contributed by atoms with Crippen LogP contribution in [-0.4, -0.2) is 17.9 Å². The Kier molecular flexibility index (Phi) is 4.89. The topological polar surface area (TPSA) is 51.2 Å². The smallest absolute Gasteiger partial charge is 0.228 e. The first kappa shape index (κ1) is 11.8. The fourth-order valence-electron chi connectivity index (χ4n) is 1.10. The molecule has 0 atom stereocenters. The van der Waals surface area contributed by atoms with Crippen LogP contribution in [0.4, 0.5) is 0 Å². The lowest BCUT2D eigenvalue weighted by Crippen LogP contribution is -2.12. The molecule has 0 rings (SSSR count). The van der Waals surface area contributed by atoms with Crippen molar-refractivity contribution >= 4 is 17.9 Å². The molecule has 0 saturated heterocycles. The van der Waals surface area contributed by atoms with Crippen LogP contribution in [0.3, 0.4) is 0 Å². The van der Waals surface area contributed by atoms with Crippen LogP contribution in [0.5, 0.6) is 0 Å². The Labute approximate surface area is 77.8 Å². The number of carbonyl (C=O) groups is 2. The van der Waals surface area contributed by atoms with Gasteiger partial charge in [-0.25, -0.2) is 0 Å². The van der Waals surface area contributed by atoms with Gasteiger partial charge >= 0.3 is 0 Å². The Hall–Kier alpha value is -1.25. The molecule has 0 aliphatic heterocycles. The number of ketones is 2. The fraction of sp³-hybridized carbons (Fsp3) is 0.500. The summed E-state index contributed by atoms with van der Waals surface area (Å²) in [7, 11) is 0. The van der Waals surface area contributed by atoms with Crippen LogP contribution >= 0.6 is 0 Å². The minimum Gasteiger partial charge on any atom is -0.300 e. The summed E-state index contributed by atoms with van der Waals surface area (Å²) in [6, 6.07) is 0. The summed E-state index contributed by atoms with van der Waals surface area (Å²) >= 11 is 0. The molecule has 0 heterocycles. The van der Waals surface area contributed by atoms with Gasteiger partial charge in [-0.2, -0.15) is 0 Å². The van der Waals surface area contributed by atoms with E-state index < -0.39 is 0 Å². The van der Waals surface area contributed by atoms with Crippen LogP contribution in [0, 0.1) is 5.92 Å². The van der Waals surface area contributed by atoms with E-state index in [-0.39, 0.29) is 35.9 Å². The highest BCUT2D eigenvalue weighted by atomic mass is 16.1. The van der Waals surface area contributed by atoms with E-state index in [1.165, 1.54) is 13.8 Å². The molecule has 0 saturated carbocycles. The average molecular weight is 181 g/mol. The zero-order valence-electron chi connectivity index (χ0n) is 7.92. The maximum atomic E-state index is 10.8. The number of allylic oxidation sites excluding steroid dienone is 1. The molecule has 0 unspecified atom stereocenters. The molecule has 13 heavy (non-hydrogen) atoms. The second kappa shape index (κ2) is 5.41. The second-order valence-corrected chi connectivity index (χ2v) is 3.14. The molecule has 0 aromatic carbocycles. The van der Waals surface area contributed by atoms with E-state index in [1.54, 1.807) is 6.29 Å². The summed E-state index contributed by atoms with van der Waals surface area (Å²) < 4.78 is 0. The van der Waals surface area contributed by atoms with Gasteiger partial charge < -0.3 is 9.59 Å². The molecule has 0 aromatic rings. The molecule has 1 radical (unpaired) electrons. The molecule has 0 aliphatic rings. The van der Waals surface area contributed by atoms with Gasteiger partial charge in [0, 0.05) is 24.3 Å². The van der Waals surface area contributed by atoms with E-state index in [4.69, 9.17) is 0 Å². The first-order chi connectivity index (χ1) is 5.97. The number of hydrogen-bond donors (Lipinski definition) is 0. The van der Waals surface area contributed by atoms with Crippen LogP contribution in [0.1, 0.15) is 26.7 Å². The van der Waals surface area contributed by atoms with Crippen LogP contribution in [0.25, 0.3) is 0 Å². The third kappa shape index (κ3) is 5.06. The monoisotopic (exact) mass is 181 g/mol. The van der Waals surface area contributed by atoms with Gasteiger partial charge in [0.25, 0.3) is 0 Å². The van der Waals surface area contributed by atoms with E-state index >= 15 is 0 Å². The summed E-state index contributed by atoms with van der Waals surface area (Å²) in [6.45, 7) is 6.30. The fourth-order valence-corrected chi connectivity index (χ4v) is 1.10. The molecular formula is C10H13O3. The number of Topliss-reactive ketones (excluding diaryl/α,β-unsaturated/α-hetero) is 2. The lowest BCUT2D eigenvalue weighted by molar-refractivity contribution is -0.119. The third-order valence-electron chi connectivity index (χ3n) is 1.69. The van der Waals surface area contributed by atoms with Gasteiger partial charge in [-0.05, 0) is 13.8 Å². The Morgan fingerprint density at radius 1 is 1.23 bits per heavy atom. The molecule has 0 spiro atoms. The van der Waals surface area contributed by atoms with Crippen molar-refractivity contribution in [2.45, 2.75) is 26.7 Å². The molecule has 0 N–H and O–H groups in total. The lowest BCUT2D eigenvalue weighted by atomic mass is 9.91. The average Bonchev–Trinajstić information content (AvgIpc) is 2.00. The minimum atomic E-state index is -0.368. The Bertz CT molecular complexity index is 225. The van der Waals surface area contributed by atoms with Crippen LogP contribution < -0.4 is 0 Å². The van der Waals surface area contributed by atoms with Gasteiger partial charge in [-0.15, -0.1) is 0 Å². The highest BCUT2D eigenvalue weighted by molar-refractivity contribution is 5.83. The Morgan fingerprint density at radius 2 is 1.62 bits per heavy atom. The molecule has 3 nitrogen and oxygen atoms in total. The zero-order valence-corrected chi connectivity index (χ0v) is 7.92. The van der Waals surface area contributed by atoms with Gasteiger partial charge in [-0.1, -0.05) is 6.58 Å². The van der Waals surface area contributed by atoms with Crippen molar-refractivity contribution in [2.75, 3.05) is 0 Å². The summed E-state index contributed by atoms with van der Waals surface area (Å²) in [4.78, 5) is 31.8. The highest BCUT2D eigenvalue weighted by Crippen LogP contribution is 2.17. The number of rotatable bonds is 6. The van der Waals surface area contributed by atoms with E-state index in [0.29, 0.717) is 0 Å². The van der Waals surface area contributed by atoms with E-state index in [1.807, 2.05) is 0 Å². The minimum absolute atomic E-state index is 0.0531. The van der Waals surface area contributed by atoms with E-state index in [2.05, 4.69) is 6.58 Å². The molecular weight excluding hydrogens is 168 g/mol. The van der Waals surface area contributed by atoms with Crippen molar-refractivity contribution in [3.05, 3.63) is 12.2 Å². The van der Waals surface area contributed by atoms with E-state index in [0.717, 1.165) is 0 Å². The molecule has 0 aliphatic carbocycles. The normalized spacial score (nSPS) is 9.77. The molecule has 3 heteroatoms. The molecule has 0 amide bonds. The lowest BCUT2D eigenvalue weighted by Gasteiger charge is -2.11. The van der Waals surface area contributed by atoms with Crippen LogP contribution in [0.15, 0.2) is 12.2 Å². The van der Waals surface area contributed by atoms with Gasteiger partial charge in [-0.3, -0.25) is 4.79 Å². The molecule has 71 valence electrons. The zero-order chi connectivity index (χ0) is 10.4. The molecule has 0 fully saturated rings. The Morgan fingerprint density at radius 3 is 1.85 bits per heavy atom. The predicted octanol–water partition coefficient (Wildman–Crippen LogP) is 1.23. The standard InChI is InChI=1S/C10H13O3/c1-7(6-11)10(4-8(2)12)5-9(3)13/h10H,1,4-5H2,2-3H3. The SMILES string of the molecule is C=C([C]=O)C(CC(C)=O)CC(C)=O. The summed E-state index contributed by atoms with van der Waals surface area (Å²) in [6.07, 6.45) is 2.00. The number of hydrogen-bond acceptors (Lipinski definition) is 3. The summed E-state index contributed by atoms with van der Waals surface area (Å²) in [5.41, 5.74) is 0.199. The third-order valence-corrected chi connectivity index (χ3v) is 1.69. The highest BCUT2D eigenvalue weighted by Gasteiger charge is 2.16. The van der Waals surface area contributed by atoms with Gasteiger partial charge in [0.2, 0.25) is 6.29 Å². The van der Waals surface area contributed by atoms with Crippen molar-refractivity contribution in [1.29, 1.82) is 0 Å². The largest absolute Gasteiger partial charge is 0.300 e. The van der Waals surface area contributed by atoms with Gasteiger partial charge in [0.1, 0.15) is 11.6 Å². The van der Waals surface area contributed by atoms with Crippen LogP contribution in [0.2, 0.25) is 0 Å². The first-order valence-corrected chi connectivity index (χ1v) is 4.03. The quantitative estimate of drug-likeness (QED) is 0.579. The van der Waals surface area contributed by atoms with Crippen LogP contribution in [-0.2, 0) is 14.4 Å². The second-order valence-electron chi connectivity index (χ2n) is 3.14. The van der Waals surface area contributed by atoms with Gasteiger partial charge in [0.05, 0.1) is 0 Å². The number of carbonyl (C=O) groups excluding carboxylic acids is 3. The van der Waals surface area contributed by atoms with E-state index in [9.17, 15) is 14.4 Å². The Balaban J connectivity index is 4.35. The maximum Gasteiger partial charge on any atom is 0.228 e. The van der Waals surface area contributed by atoms with Crippen molar-refractivity contribution in [1.82, 2.24) is 0 Å². The molecule has 0 aromatic heterocycles. The van der Waals surface area contributed by atoms with Crippen molar-refractivity contribution < 1.29 is 14.4 Å². The van der Waals surface area contributed by atoms with Gasteiger partial charge in [0.15, 0.2) is 0 Å². The van der Waals surface area contributed by atoms with Crippen molar-refractivity contribution in [2.24, 2.45) is 5.92 Å². The summed E-state index contributed by atoms with van der Waals surface area (Å²) in [5.74, 6) is -0.474. The maximum absolute atomic E-state index is 10.8. The predicted molar refractivity (Wildman–Crippen MR) is 48.9 cm³/mol.